The highest BCUT2D eigenvalue weighted by Gasteiger charge is 2.09. The van der Waals surface area contributed by atoms with Crippen molar-refractivity contribution < 1.29 is 0 Å². The zero-order chi connectivity index (χ0) is 11.4. The van der Waals surface area contributed by atoms with Crippen LogP contribution in [-0.4, -0.2) is 15.0 Å². The van der Waals surface area contributed by atoms with Crippen molar-refractivity contribution in [2.24, 2.45) is 0 Å². The van der Waals surface area contributed by atoms with E-state index in [0.717, 1.165) is 24.1 Å². The summed E-state index contributed by atoms with van der Waals surface area (Å²) in [7, 11) is 0. The smallest absolute Gasteiger partial charge is 0.145 e. The Labute approximate surface area is 100 Å². The van der Waals surface area contributed by atoms with Gasteiger partial charge in [0.2, 0.25) is 0 Å². The predicted molar refractivity (Wildman–Crippen MR) is 65.3 cm³/mol. The highest BCUT2D eigenvalue weighted by molar-refractivity contribution is 6.18. The fourth-order valence-corrected chi connectivity index (χ4v) is 1.82. The second-order valence-corrected chi connectivity index (χ2v) is 4.14. The number of rotatable bonds is 4. The molecule has 0 radical (unpaired) electrons. The van der Waals surface area contributed by atoms with E-state index in [4.69, 9.17) is 11.6 Å². The van der Waals surface area contributed by atoms with Gasteiger partial charge in [0, 0.05) is 5.56 Å². The van der Waals surface area contributed by atoms with Gasteiger partial charge in [-0.25, -0.2) is 0 Å². The lowest BCUT2D eigenvalue weighted by Crippen LogP contribution is -2.06. The minimum absolute atomic E-state index is 0.150. The van der Waals surface area contributed by atoms with Crippen molar-refractivity contribution in [2.45, 2.75) is 25.3 Å². The number of hydrogen-bond donors (Lipinski definition) is 0. The summed E-state index contributed by atoms with van der Waals surface area (Å²) in [4.78, 5) is 1.58. The van der Waals surface area contributed by atoms with Crippen molar-refractivity contribution in [1.29, 1.82) is 0 Å². The maximum Gasteiger partial charge on any atom is 0.145 e. The molecule has 2 aromatic rings. The van der Waals surface area contributed by atoms with Crippen molar-refractivity contribution >= 4 is 11.6 Å². The third-order valence-corrected chi connectivity index (χ3v) is 2.75. The first kappa shape index (κ1) is 11.1. The van der Waals surface area contributed by atoms with Crippen LogP contribution in [0.25, 0.3) is 11.3 Å². The fourth-order valence-electron chi connectivity index (χ4n) is 1.51. The van der Waals surface area contributed by atoms with Crippen molar-refractivity contribution in [1.82, 2.24) is 15.0 Å². The summed E-state index contributed by atoms with van der Waals surface area (Å²) in [6.07, 6.45) is 3.65. The van der Waals surface area contributed by atoms with E-state index >= 15 is 0 Å². The van der Waals surface area contributed by atoms with E-state index in [-0.39, 0.29) is 5.50 Å². The highest BCUT2D eigenvalue weighted by atomic mass is 35.5. The summed E-state index contributed by atoms with van der Waals surface area (Å²) in [5.41, 5.74) is 1.78. The highest BCUT2D eigenvalue weighted by Crippen LogP contribution is 2.20. The number of hydrogen-bond acceptors (Lipinski definition) is 2. The van der Waals surface area contributed by atoms with Crippen molar-refractivity contribution in [2.75, 3.05) is 0 Å². The van der Waals surface area contributed by atoms with E-state index < -0.39 is 0 Å². The van der Waals surface area contributed by atoms with Gasteiger partial charge < -0.3 is 0 Å². The Hall–Kier alpha value is -1.35. The van der Waals surface area contributed by atoms with Gasteiger partial charge >= 0.3 is 0 Å². The molecule has 2 rings (SSSR count). The summed E-state index contributed by atoms with van der Waals surface area (Å²) >= 11 is 6.15. The molecule has 0 amide bonds. The van der Waals surface area contributed by atoms with Gasteiger partial charge in [-0.05, 0) is 6.42 Å². The average molecular weight is 236 g/mol. The minimum atomic E-state index is -0.150. The van der Waals surface area contributed by atoms with Crippen molar-refractivity contribution in [3.8, 4) is 11.3 Å². The van der Waals surface area contributed by atoms with Crippen LogP contribution in [0.1, 0.15) is 25.3 Å². The van der Waals surface area contributed by atoms with E-state index in [2.05, 4.69) is 17.1 Å². The Morgan fingerprint density at radius 2 is 2.06 bits per heavy atom. The van der Waals surface area contributed by atoms with E-state index in [0.29, 0.717) is 0 Å². The largest absolute Gasteiger partial charge is 0.166 e. The summed E-state index contributed by atoms with van der Waals surface area (Å²) in [5.74, 6) is 0. The SMILES string of the molecule is CCCC(Cl)n1ncc(-c2ccccc2)n1. The van der Waals surface area contributed by atoms with Crippen molar-refractivity contribution in [3.05, 3.63) is 36.5 Å². The molecule has 1 heterocycles. The molecular weight excluding hydrogens is 222 g/mol. The van der Waals surface area contributed by atoms with Crippen LogP contribution in [-0.2, 0) is 0 Å². The standard InChI is InChI=1S/C12H14ClN3/c1-2-6-12(13)16-14-9-11(15-16)10-7-4-3-5-8-10/h3-5,7-9,12H,2,6H2,1H3. The maximum absolute atomic E-state index is 6.15. The van der Waals surface area contributed by atoms with E-state index in [9.17, 15) is 0 Å². The number of alkyl halides is 1. The molecule has 1 atom stereocenters. The summed E-state index contributed by atoms with van der Waals surface area (Å²) in [6, 6.07) is 9.97. The maximum atomic E-state index is 6.15. The summed E-state index contributed by atoms with van der Waals surface area (Å²) < 4.78 is 0. The average Bonchev–Trinajstić information content (AvgIpc) is 2.80. The summed E-state index contributed by atoms with van der Waals surface area (Å²) in [5, 5.41) is 8.56. The lowest BCUT2D eigenvalue weighted by atomic mass is 10.2. The second-order valence-electron chi connectivity index (χ2n) is 3.64. The van der Waals surface area contributed by atoms with Crippen LogP contribution in [0.5, 0.6) is 0 Å². The predicted octanol–water partition coefficient (Wildman–Crippen LogP) is 3.48. The van der Waals surface area contributed by atoms with Gasteiger partial charge in [-0.2, -0.15) is 15.0 Å². The van der Waals surface area contributed by atoms with Gasteiger partial charge in [-0.1, -0.05) is 55.3 Å². The van der Waals surface area contributed by atoms with Crippen molar-refractivity contribution in [3.63, 3.8) is 0 Å². The lowest BCUT2D eigenvalue weighted by Gasteiger charge is -2.05. The van der Waals surface area contributed by atoms with Crippen LogP contribution in [0.3, 0.4) is 0 Å². The third-order valence-electron chi connectivity index (χ3n) is 2.36. The first-order valence-electron chi connectivity index (χ1n) is 5.42. The molecule has 0 saturated carbocycles. The van der Waals surface area contributed by atoms with Crippen LogP contribution in [0.15, 0.2) is 36.5 Å². The molecule has 3 nitrogen and oxygen atoms in total. The molecule has 0 saturated heterocycles. The molecule has 0 N–H and O–H groups in total. The van der Waals surface area contributed by atoms with Gasteiger partial charge in [0.15, 0.2) is 0 Å². The third kappa shape index (κ3) is 2.42. The molecule has 1 aromatic carbocycles. The minimum Gasteiger partial charge on any atom is -0.166 e. The Kier molecular flexibility index (Phi) is 3.57. The zero-order valence-electron chi connectivity index (χ0n) is 9.18. The first-order valence-corrected chi connectivity index (χ1v) is 5.86. The molecule has 1 aromatic heterocycles. The Bertz CT molecular complexity index is 439. The van der Waals surface area contributed by atoms with E-state index in [1.54, 1.807) is 11.0 Å². The molecule has 0 aliphatic rings. The Morgan fingerprint density at radius 1 is 1.31 bits per heavy atom. The Balaban J connectivity index is 2.20. The molecule has 16 heavy (non-hydrogen) atoms. The molecule has 1 unspecified atom stereocenters. The van der Waals surface area contributed by atoms with Crippen LogP contribution in [0.4, 0.5) is 0 Å². The number of halogens is 1. The lowest BCUT2D eigenvalue weighted by molar-refractivity contribution is 0.486. The fraction of sp³-hybridized carbons (Fsp3) is 0.333. The van der Waals surface area contributed by atoms with Gasteiger partial charge in [-0.15, -0.1) is 0 Å². The van der Waals surface area contributed by atoms with Crippen LogP contribution in [0.2, 0.25) is 0 Å². The normalized spacial score (nSPS) is 12.6. The second kappa shape index (κ2) is 5.12. The first-order chi connectivity index (χ1) is 7.81. The topological polar surface area (TPSA) is 30.7 Å². The quantitative estimate of drug-likeness (QED) is 0.760. The van der Waals surface area contributed by atoms with Gasteiger partial charge in [0.1, 0.15) is 11.2 Å². The molecule has 0 fully saturated rings. The monoisotopic (exact) mass is 235 g/mol. The molecular formula is C12H14ClN3. The molecule has 0 aliphatic carbocycles. The summed E-state index contributed by atoms with van der Waals surface area (Å²) in [6.45, 7) is 2.09. The number of nitrogens with zero attached hydrogens (tertiary/aromatic N) is 3. The molecule has 0 aliphatic heterocycles. The van der Waals surface area contributed by atoms with Crippen LogP contribution < -0.4 is 0 Å². The molecule has 4 heteroatoms. The molecule has 0 spiro atoms. The molecule has 0 bridgehead atoms. The number of benzene rings is 1. The molecule has 84 valence electrons. The van der Waals surface area contributed by atoms with Crippen LogP contribution in [0, 0.1) is 0 Å². The van der Waals surface area contributed by atoms with Crippen LogP contribution >= 0.6 is 11.6 Å². The number of aromatic nitrogens is 3. The van der Waals surface area contributed by atoms with E-state index in [1.807, 2.05) is 30.3 Å². The van der Waals surface area contributed by atoms with E-state index in [1.165, 1.54) is 0 Å². The van der Waals surface area contributed by atoms with Gasteiger partial charge in [0.25, 0.3) is 0 Å². The van der Waals surface area contributed by atoms with Gasteiger partial charge in [-0.3, -0.25) is 0 Å². The zero-order valence-corrected chi connectivity index (χ0v) is 9.93. The van der Waals surface area contributed by atoms with Gasteiger partial charge in [0.05, 0.1) is 6.20 Å². The Morgan fingerprint density at radius 3 is 2.75 bits per heavy atom.